The number of likely N-dealkylation sites (N-methyl/N-ethyl adjacent to an activating group) is 1. The van der Waals surface area contributed by atoms with E-state index in [1.165, 1.54) is 4.90 Å². The molecule has 0 spiro atoms. The molecule has 8 heteroatoms. The number of rotatable bonds is 5. The zero-order valence-electron chi connectivity index (χ0n) is 9.78. The van der Waals surface area contributed by atoms with Gasteiger partial charge in [0, 0.05) is 13.6 Å². The number of thiocarbonyl (C=S) groups is 1. The number of hydrogen-bond donors (Lipinski definition) is 3. The monoisotopic (exact) mass is 260 g/mol. The van der Waals surface area contributed by atoms with Crippen molar-refractivity contribution in [2.75, 3.05) is 26.7 Å². The van der Waals surface area contributed by atoms with Crippen molar-refractivity contribution < 1.29 is 14.4 Å². The summed E-state index contributed by atoms with van der Waals surface area (Å²) in [5.41, 5.74) is 5.15. The predicted octanol–water partition coefficient (Wildman–Crippen LogP) is -2.02. The second-order valence-electron chi connectivity index (χ2n) is 3.24. The molecule has 0 heterocycles. The van der Waals surface area contributed by atoms with Crippen molar-refractivity contribution in [2.45, 2.75) is 6.92 Å². The summed E-state index contributed by atoms with van der Waals surface area (Å²) in [5, 5.41) is 4.40. The van der Waals surface area contributed by atoms with E-state index < -0.39 is 11.8 Å². The maximum atomic E-state index is 11.3. The number of nitrogens with two attached hydrogens (primary N) is 1. The van der Waals surface area contributed by atoms with Gasteiger partial charge in [-0.3, -0.25) is 14.4 Å². The summed E-state index contributed by atoms with van der Waals surface area (Å²) in [6.07, 6.45) is 0. The maximum Gasteiger partial charge on any atom is 0.309 e. The van der Waals surface area contributed by atoms with Crippen LogP contribution in [0.5, 0.6) is 0 Å². The van der Waals surface area contributed by atoms with E-state index in [0.29, 0.717) is 6.54 Å². The molecule has 4 N–H and O–H groups in total. The number of carbonyl (C=O) groups excluding carboxylic acids is 3. The lowest BCUT2D eigenvalue weighted by molar-refractivity contribution is -0.140. The minimum Gasteiger partial charge on any atom is -0.392 e. The molecule has 0 aliphatic carbocycles. The van der Waals surface area contributed by atoms with Crippen molar-refractivity contribution in [1.29, 1.82) is 0 Å². The third kappa shape index (κ3) is 6.46. The number of carbonyl (C=O) groups is 3. The number of hydrogen-bond acceptors (Lipinski definition) is 4. The van der Waals surface area contributed by atoms with Crippen LogP contribution < -0.4 is 16.4 Å². The lowest BCUT2D eigenvalue weighted by atomic mass is 10.4. The van der Waals surface area contributed by atoms with Gasteiger partial charge in [-0.1, -0.05) is 12.2 Å². The normalized spacial score (nSPS) is 9.29. The van der Waals surface area contributed by atoms with Gasteiger partial charge in [0.05, 0.1) is 18.1 Å². The van der Waals surface area contributed by atoms with E-state index in [4.69, 9.17) is 5.73 Å². The van der Waals surface area contributed by atoms with E-state index >= 15 is 0 Å². The highest BCUT2D eigenvalue weighted by molar-refractivity contribution is 7.80. The van der Waals surface area contributed by atoms with Gasteiger partial charge >= 0.3 is 11.8 Å². The van der Waals surface area contributed by atoms with Crippen molar-refractivity contribution in [3.05, 3.63) is 0 Å². The second kappa shape index (κ2) is 7.55. The number of nitrogens with zero attached hydrogens (tertiary/aromatic N) is 1. The molecule has 0 unspecified atom stereocenters. The molecule has 0 aliphatic rings. The van der Waals surface area contributed by atoms with E-state index in [-0.39, 0.29) is 24.0 Å². The van der Waals surface area contributed by atoms with Crippen molar-refractivity contribution >= 4 is 34.9 Å². The number of nitrogens with one attached hydrogen (secondary N) is 2. The standard InChI is InChI=1S/C9H16N4O3S/c1-3-13(2)7(14)5-12-9(16)8(15)11-4-6(10)17/h3-5H2,1-2H3,(H2,10,17)(H,11,15)(H,12,16). The zero-order chi connectivity index (χ0) is 13.4. The smallest absolute Gasteiger partial charge is 0.309 e. The quantitative estimate of drug-likeness (QED) is 0.391. The van der Waals surface area contributed by atoms with E-state index in [9.17, 15) is 14.4 Å². The molecule has 0 rings (SSSR count). The Labute approximate surface area is 105 Å². The molecule has 0 saturated carbocycles. The van der Waals surface area contributed by atoms with Crippen LogP contribution in [-0.2, 0) is 14.4 Å². The van der Waals surface area contributed by atoms with Gasteiger partial charge in [-0.05, 0) is 6.92 Å². The van der Waals surface area contributed by atoms with Crippen molar-refractivity contribution in [1.82, 2.24) is 15.5 Å². The second-order valence-corrected chi connectivity index (χ2v) is 3.76. The summed E-state index contributed by atoms with van der Waals surface area (Å²) < 4.78 is 0. The summed E-state index contributed by atoms with van der Waals surface area (Å²) in [5.74, 6) is -2.04. The minimum atomic E-state index is -0.890. The molecular formula is C9H16N4O3S. The molecule has 0 atom stereocenters. The fourth-order valence-electron chi connectivity index (χ4n) is 0.795. The van der Waals surface area contributed by atoms with Gasteiger partial charge in [-0.15, -0.1) is 0 Å². The van der Waals surface area contributed by atoms with Gasteiger partial charge in [0.25, 0.3) is 0 Å². The molecule has 0 bridgehead atoms. The van der Waals surface area contributed by atoms with Gasteiger partial charge in [-0.25, -0.2) is 0 Å². The van der Waals surface area contributed by atoms with E-state index in [1.54, 1.807) is 14.0 Å². The fraction of sp³-hybridized carbons (Fsp3) is 0.556. The first kappa shape index (κ1) is 15.3. The largest absolute Gasteiger partial charge is 0.392 e. The maximum absolute atomic E-state index is 11.3. The Kier molecular flexibility index (Phi) is 6.80. The first-order valence-electron chi connectivity index (χ1n) is 4.96. The highest BCUT2D eigenvalue weighted by Crippen LogP contribution is 1.81. The molecule has 0 aromatic heterocycles. The highest BCUT2D eigenvalue weighted by atomic mass is 32.1. The van der Waals surface area contributed by atoms with Crippen LogP contribution in [0.25, 0.3) is 0 Å². The predicted molar refractivity (Wildman–Crippen MR) is 66.1 cm³/mol. The van der Waals surface area contributed by atoms with Gasteiger partial charge in [0.2, 0.25) is 5.91 Å². The van der Waals surface area contributed by atoms with Crippen LogP contribution in [0.4, 0.5) is 0 Å². The minimum absolute atomic E-state index is 0.0512. The lowest BCUT2D eigenvalue weighted by Crippen LogP contribution is -2.46. The van der Waals surface area contributed by atoms with Crippen LogP contribution >= 0.6 is 12.2 Å². The molecule has 0 aromatic rings. The van der Waals surface area contributed by atoms with Crippen LogP contribution in [0.1, 0.15) is 6.92 Å². The summed E-state index contributed by atoms with van der Waals surface area (Å²) >= 11 is 4.53. The molecule has 17 heavy (non-hydrogen) atoms. The van der Waals surface area contributed by atoms with Gasteiger partial charge in [-0.2, -0.15) is 0 Å². The molecule has 0 aliphatic heterocycles. The third-order valence-electron chi connectivity index (χ3n) is 1.93. The first-order valence-corrected chi connectivity index (χ1v) is 5.37. The molecule has 0 radical (unpaired) electrons. The molecular weight excluding hydrogens is 244 g/mol. The van der Waals surface area contributed by atoms with Gasteiger partial charge < -0.3 is 21.3 Å². The molecule has 0 aromatic carbocycles. The summed E-state index contributed by atoms with van der Waals surface area (Å²) in [4.78, 5) is 35.1. The summed E-state index contributed by atoms with van der Waals surface area (Å²) in [6.45, 7) is 2.06. The third-order valence-corrected chi connectivity index (χ3v) is 2.07. The summed E-state index contributed by atoms with van der Waals surface area (Å²) in [6, 6.07) is 0. The molecule has 0 fully saturated rings. The van der Waals surface area contributed by atoms with Gasteiger partial charge in [0.15, 0.2) is 0 Å². The average molecular weight is 260 g/mol. The van der Waals surface area contributed by atoms with Crippen LogP contribution in [-0.4, -0.2) is 54.3 Å². The topological polar surface area (TPSA) is 105 Å². The molecule has 0 saturated heterocycles. The molecule has 7 nitrogen and oxygen atoms in total. The van der Waals surface area contributed by atoms with Crippen molar-refractivity contribution in [2.24, 2.45) is 5.73 Å². The first-order chi connectivity index (χ1) is 7.88. The lowest BCUT2D eigenvalue weighted by Gasteiger charge is -2.14. The Morgan fingerprint density at radius 2 is 1.65 bits per heavy atom. The van der Waals surface area contributed by atoms with E-state index in [0.717, 1.165) is 0 Å². The van der Waals surface area contributed by atoms with Gasteiger partial charge in [0.1, 0.15) is 0 Å². The Morgan fingerprint density at radius 3 is 2.06 bits per heavy atom. The molecule has 96 valence electrons. The average Bonchev–Trinajstić information content (AvgIpc) is 2.31. The SMILES string of the molecule is CCN(C)C(=O)CNC(=O)C(=O)NCC(N)=S. The highest BCUT2D eigenvalue weighted by Gasteiger charge is 2.15. The Morgan fingerprint density at radius 1 is 1.18 bits per heavy atom. The van der Waals surface area contributed by atoms with Crippen molar-refractivity contribution in [3.63, 3.8) is 0 Å². The summed E-state index contributed by atoms with van der Waals surface area (Å²) in [7, 11) is 1.60. The van der Waals surface area contributed by atoms with Crippen LogP contribution in [0.3, 0.4) is 0 Å². The number of amides is 3. The fourth-order valence-corrected chi connectivity index (χ4v) is 0.867. The van der Waals surface area contributed by atoms with Crippen LogP contribution in [0.15, 0.2) is 0 Å². The Bertz CT molecular complexity index is 332. The van der Waals surface area contributed by atoms with Crippen molar-refractivity contribution in [3.8, 4) is 0 Å². The molecule has 3 amide bonds. The zero-order valence-corrected chi connectivity index (χ0v) is 10.6. The van der Waals surface area contributed by atoms with E-state index in [1.807, 2.05) is 0 Å². The Hall–Kier alpha value is -1.70. The van der Waals surface area contributed by atoms with E-state index in [2.05, 4.69) is 22.9 Å². The van der Waals surface area contributed by atoms with Crippen LogP contribution in [0.2, 0.25) is 0 Å². The van der Waals surface area contributed by atoms with Crippen LogP contribution in [0, 0.1) is 0 Å². The Balaban J connectivity index is 3.97.